The number of carbonyl (C=O) groups excluding carboxylic acids is 1. The maximum atomic E-state index is 12.0. The van der Waals surface area contributed by atoms with Crippen molar-refractivity contribution in [2.24, 2.45) is 5.92 Å². The first-order valence-electron chi connectivity index (χ1n) is 28.0. The number of allylic oxidation sites excluding steroid dienone is 2. The highest BCUT2D eigenvalue weighted by Gasteiger charge is 2.03. The van der Waals surface area contributed by atoms with E-state index in [-0.39, 0.29) is 5.97 Å². The lowest BCUT2D eigenvalue weighted by molar-refractivity contribution is -0.143. The van der Waals surface area contributed by atoms with Crippen molar-refractivity contribution < 1.29 is 9.53 Å². The molecule has 0 aromatic carbocycles. The monoisotopic (exact) mass is 829 g/mol. The van der Waals surface area contributed by atoms with Crippen LogP contribution in [-0.4, -0.2) is 12.6 Å². The standard InChI is InChI=1S/C57H112O2/c1-4-5-6-7-8-9-10-11-32-36-39-42-45-48-51-54-57(58)59-55-52-49-46-43-40-37-34-31-29-27-25-23-21-19-17-15-13-12-14-16-18-20-22-24-26-28-30-33-35-38-41-44-47-50-53-56(2)3/h11,32,56H,4-10,12-31,33-55H2,1-3H3/b32-11-. The minimum atomic E-state index is 0.0221. The van der Waals surface area contributed by atoms with E-state index in [0.717, 1.165) is 25.2 Å². The minimum absolute atomic E-state index is 0.0221. The fourth-order valence-corrected chi connectivity index (χ4v) is 8.91. The number of unbranched alkanes of at least 4 members (excludes halogenated alkanes) is 44. The highest BCUT2D eigenvalue weighted by molar-refractivity contribution is 5.69. The Morgan fingerprint density at radius 3 is 0.898 bits per heavy atom. The lowest BCUT2D eigenvalue weighted by atomic mass is 10.0. The summed E-state index contributed by atoms with van der Waals surface area (Å²) in [6.07, 6.45) is 72.5. The normalized spacial score (nSPS) is 11.8. The van der Waals surface area contributed by atoms with Crippen LogP contribution in [0.25, 0.3) is 0 Å². The summed E-state index contributed by atoms with van der Waals surface area (Å²) >= 11 is 0. The van der Waals surface area contributed by atoms with Gasteiger partial charge in [-0.15, -0.1) is 0 Å². The van der Waals surface area contributed by atoms with Gasteiger partial charge in [0.2, 0.25) is 0 Å². The minimum Gasteiger partial charge on any atom is -0.466 e. The van der Waals surface area contributed by atoms with E-state index in [4.69, 9.17) is 4.74 Å². The van der Waals surface area contributed by atoms with Gasteiger partial charge >= 0.3 is 5.97 Å². The third-order valence-corrected chi connectivity index (χ3v) is 13.1. The molecule has 0 heterocycles. The van der Waals surface area contributed by atoms with Gasteiger partial charge in [0, 0.05) is 6.42 Å². The lowest BCUT2D eigenvalue weighted by Crippen LogP contribution is -2.05. The van der Waals surface area contributed by atoms with Crippen molar-refractivity contribution in [3.8, 4) is 0 Å². The molecule has 59 heavy (non-hydrogen) atoms. The smallest absolute Gasteiger partial charge is 0.305 e. The molecule has 0 aromatic heterocycles. The molecule has 352 valence electrons. The molecule has 0 rings (SSSR count). The Morgan fingerprint density at radius 1 is 0.339 bits per heavy atom. The topological polar surface area (TPSA) is 26.3 Å². The van der Waals surface area contributed by atoms with Crippen LogP contribution in [0.4, 0.5) is 0 Å². The number of hydrogen-bond acceptors (Lipinski definition) is 2. The molecule has 0 aliphatic carbocycles. The molecule has 0 aromatic rings. The van der Waals surface area contributed by atoms with Gasteiger partial charge in [-0.25, -0.2) is 0 Å². The molecular weight excluding hydrogens is 717 g/mol. The van der Waals surface area contributed by atoms with E-state index in [1.54, 1.807) is 0 Å². The van der Waals surface area contributed by atoms with Gasteiger partial charge in [-0.2, -0.15) is 0 Å². The molecule has 0 aliphatic rings. The van der Waals surface area contributed by atoms with Crippen LogP contribution in [0.1, 0.15) is 335 Å². The Labute approximate surface area is 374 Å². The first-order valence-corrected chi connectivity index (χ1v) is 28.0. The Kier molecular flexibility index (Phi) is 52.6. The zero-order valence-corrected chi connectivity index (χ0v) is 41.4. The SMILES string of the molecule is CCCCCCCC/C=C\CCCCCCCC(=O)OCCCCCCCCCCCCCCCCCCCCCCCCCCCCCCCCCCCCC(C)C. The van der Waals surface area contributed by atoms with Crippen LogP contribution >= 0.6 is 0 Å². The molecule has 0 N–H and O–H groups in total. The van der Waals surface area contributed by atoms with Crippen molar-refractivity contribution in [2.45, 2.75) is 335 Å². The van der Waals surface area contributed by atoms with Crippen molar-refractivity contribution >= 4 is 5.97 Å². The number of rotatable bonds is 52. The van der Waals surface area contributed by atoms with Gasteiger partial charge < -0.3 is 4.74 Å². The summed E-state index contributed by atoms with van der Waals surface area (Å²) < 4.78 is 5.49. The van der Waals surface area contributed by atoms with Gasteiger partial charge in [-0.1, -0.05) is 303 Å². The van der Waals surface area contributed by atoms with E-state index >= 15 is 0 Å². The Hall–Kier alpha value is -0.790. The fourth-order valence-electron chi connectivity index (χ4n) is 8.91. The Morgan fingerprint density at radius 2 is 0.593 bits per heavy atom. The van der Waals surface area contributed by atoms with Gasteiger partial charge in [-0.05, 0) is 44.4 Å². The molecule has 2 heteroatoms. The van der Waals surface area contributed by atoms with Gasteiger partial charge in [0.1, 0.15) is 0 Å². The third-order valence-electron chi connectivity index (χ3n) is 13.1. The number of hydrogen-bond donors (Lipinski definition) is 0. The Bertz CT molecular complexity index is 786. The van der Waals surface area contributed by atoms with Gasteiger partial charge in [0.25, 0.3) is 0 Å². The first-order chi connectivity index (χ1) is 29.2. The maximum absolute atomic E-state index is 12.0. The molecule has 0 amide bonds. The molecule has 0 aliphatic heterocycles. The van der Waals surface area contributed by atoms with Crippen molar-refractivity contribution in [2.75, 3.05) is 6.61 Å². The van der Waals surface area contributed by atoms with Crippen LogP contribution in [0, 0.1) is 5.92 Å². The van der Waals surface area contributed by atoms with Crippen molar-refractivity contribution in [3.05, 3.63) is 12.2 Å². The molecule has 0 saturated heterocycles. The summed E-state index contributed by atoms with van der Waals surface area (Å²) in [6, 6.07) is 0. The number of ether oxygens (including phenoxy) is 1. The van der Waals surface area contributed by atoms with E-state index in [9.17, 15) is 4.79 Å². The van der Waals surface area contributed by atoms with Crippen LogP contribution in [0.2, 0.25) is 0 Å². The largest absolute Gasteiger partial charge is 0.466 e. The average molecular weight is 830 g/mol. The summed E-state index contributed by atoms with van der Waals surface area (Å²) in [7, 11) is 0. The zero-order valence-electron chi connectivity index (χ0n) is 41.4. The van der Waals surface area contributed by atoms with Crippen molar-refractivity contribution in [1.29, 1.82) is 0 Å². The molecule has 0 fully saturated rings. The average Bonchev–Trinajstić information content (AvgIpc) is 3.23. The molecule has 0 atom stereocenters. The molecular formula is C57H112O2. The summed E-state index contributed by atoms with van der Waals surface area (Å²) in [5.74, 6) is 0.912. The van der Waals surface area contributed by atoms with E-state index in [1.807, 2.05) is 0 Å². The molecule has 0 spiro atoms. The zero-order chi connectivity index (χ0) is 42.6. The number of carbonyl (C=O) groups is 1. The highest BCUT2D eigenvalue weighted by Crippen LogP contribution is 2.18. The van der Waals surface area contributed by atoms with Crippen LogP contribution in [0.15, 0.2) is 12.2 Å². The van der Waals surface area contributed by atoms with E-state index in [0.29, 0.717) is 13.0 Å². The molecule has 0 unspecified atom stereocenters. The van der Waals surface area contributed by atoms with Gasteiger partial charge in [-0.3, -0.25) is 4.79 Å². The summed E-state index contributed by atoms with van der Waals surface area (Å²) in [4.78, 5) is 12.0. The third kappa shape index (κ3) is 55.2. The van der Waals surface area contributed by atoms with Crippen LogP contribution in [0.3, 0.4) is 0 Å². The predicted molar refractivity (Wildman–Crippen MR) is 267 cm³/mol. The Balaban J connectivity index is 3.14. The fraction of sp³-hybridized carbons (Fsp3) is 0.947. The summed E-state index contributed by atoms with van der Waals surface area (Å²) in [5.41, 5.74) is 0. The van der Waals surface area contributed by atoms with Crippen LogP contribution < -0.4 is 0 Å². The molecule has 2 nitrogen and oxygen atoms in total. The van der Waals surface area contributed by atoms with Crippen LogP contribution in [-0.2, 0) is 9.53 Å². The number of esters is 1. The second-order valence-corrected chi connectivity index (χ2v) is 19.8. The van der Waals surface area contributed by atoms with E-state index in [2.05, 4.69) is 32.9 Å². The summed E-state index contributed by atoms with van der Waals surface area (Å²) in [5, 5.41) is 0. The molecule has 0 saturated carbocycles. The second-order valence-electron chi connectivity index (χ2n) is 19.8. The maximum Gasteiger partial charge on any atom is 0.305 e. The van der Waals surface area contributed by atoms with Crippen molar-refractivity contribution in [1.82, 2.24) is 0 Å². The van der Waals surface area contributed by atoms with Gasteiger partial charge in [0.15, 0.2) is 0 Å². The van der Waals surface area contributed by atoms with Gasteiger partial charge in [0.05, 0.1) is 6.61 Å². The van der Waals surface area contributed by atoms with E-state index in [1.165, 1.54) is 289 Å². The summed E-state index contributed by atoms with van der Waals surface area (Å²) in [6.45, 7) is 7.61. The highest BCUT2D eigenvalue weighted by atomic mass is 16.5. The van der Waals surface area contributed by atoms with Crippen LogP contribution in [0.5, 0.6) is 0 Å². The second kappa shape index (κ2) is 53.3. The van der Waals surface area contributed by atoms with E-state index < -0.39 is 0 Å². The molecule has 0 radical (unpaired) electrons. The molecule has 0 bridgehead atoms. The quantitative estimate of drug-likeness (QED) is 0.0347. The predicted octanol–water partition coefficient (Wildman–Crippen LogP) is 20.9. The first kappa shape index (κ1) is 58.2. The van der Waals surface area contributed by atoms with Crippen molar-refractivity contribution in [3.63, 3.8) is 0 Å². The lowest BCUT2D eigenvalue weighted by Gasteiger charge is -2.06.